The lowest BCUT2D eigenvalue weighted by Crippen LogP contribution is -2.23. The molecule has 0 amide bonds. The molecule has 0 spiro atoms. The van der Waals surface area contributed by atoms with Gasteiger partial charge in [0.2, 0.25) is 5.12 Å². The van der Waals surface area contributed by atoms with Gasteiger partial charge in [-0.2, -0.15) is 0 Å². The summed E-state index contributed by atoms with van der Waals surface area (Å²) in [6.07, 6.45) is 0.863. The monoisotopic (exact) mass is 406 g/mol. The fourth-order valence-corrected chi connectivity index (χ4v) is 4.71. The maximum Gasteiger partial charge on any atom is 0.266 e. The van der Waals surface area contributed by atoms with Crippen molar-refractivity contribution in [3.63, 3.8) is 0 Å². The lowest BCUT2D eigenvalue weighted by atomic mass is 10.2. The second-order valence-corrected chi connectivity index (χ2v) is 8.29. The van der Waals surface area contributed by atoms with Crippen molar-refractivity contribution in [2.75, 3.05) is 0 Å². The predicted octanol–water partition coefficient (Wildman–Crippen LogP) is 5.08. The average Bonchev–Trinajstić information content (AvgIpc) is 3.17. The van der Waals surface area contributed by atoms with Crippen LogP contribution in [0.5, 0.6) is 0 Å². The normalized spacial score (nSPS) is 11.0. The molecule has 0 atom stereocenters. The van der Waals surface area contributed by atoms with E-state index in [0.717, 1.165) is 33.6 Å². The number of rotatable bonds is 5. The molecule has 0 aliphatic carbocycles. The van der Waals surface area contributed by atoms with Crippen molar-refractivity contribution in [3.8, 4) is 5.69 Å². The van der Waals surface area contributed by atoms with E-state index in [1.807, 2.05) is 54.6 Å². The SMILES string of the molecule is CCc1cc2c(=O)n(-c3ccccc3)c(CSC(=O)c3ccccc3)nc2s1. The van der Waals surface area contributed by atoms with Crippen LogP contribution < -0.4 is 5.56 Å². The Balaban J connectivity index is 1.77. The Morgan fingerprint density at radius 1 is 1.07 bits per heavy atom. The Morgan fingerprint density at radius 3 is 2.43 bits per heavy atom. The Kier molecular flexibility index (Phi) is 5.41. The van der Waals surface area contributed by atoms with Gasteiger partial charge in [0.25, 0.3) is 5.56 Å². The van der Waals surface area contributed by atoms with Crippen LogP contribution in [0.25, 0.3) is 15.9 Å². The van der Waals surface area contributed by atoms with Crippen LogP contribution in [0.3, 0.4) is 0 Å². The standard InChI is InChI=1S/C22H18N2O2S2/c1-2-17-13-18-20(28-17)23-19(14-27-22(26)15-9-5-3-6-10-15)24(21(18)25)16-11-7-4-8-12-16/h3-13H,2,14H2,1H3. The van der Waals surface area contributed by atoms with Crippen molar-refractivity contribution in [3.05, 3.63) is 93.3 Å². The average molecular weight is 407 g/mol. The summed E-state index contributed by atoms with van der Waals surface area (Å²) in [6, 6.07) is 20.6. The topological polar surface area (TPSA) is 52.0 Å². The van der Waals surface area contributed by atoms with Gasteiger partial charge in [0, 0.05) is 10.4 Å². The number of nitrogens with zero attached hydrogens (tertiary/aromatic N) is 2. The number of aromatic nitrogens is 2. The highest BCUT2D eigenvalue weighted by atomic mass is 32.2. The molecule has 28 heavy (non-hydrogen) atoms. The van der Waals surface area contributed by atoms with E-state index >= 15 is 0 Å². The Hall–Kier alpha value is -2.70. The Bertz CT molecular complexity index is 1180. The van der Waals surface area contributed by atoms with Gasteiger partial charge >= 0.3 is 0 Å². The number of hydrogen-bond donors (Lipinski definition) is 0. The number of carbonyl (C=O) groups excluding carboxylic acids is 1. The van der Waals surface area contributed by atoms with Crippen molar-refractivity contribution in [2.45, 2.75) is 19.1 Å². The van der Waals surface area contributed by atoms with Crippen LogP contribution in [-0.2, 0) is 12.2 Å². The minimum Gasteiger partial charge on any atom is -0.282 e. The first-order valence-corrected chi connectivity index (χ1v) is 10.8. The van der Waals surface area contributed by atoms with Gasteiger partial charge in [-0.05, 0) is 24.6 Å². The van der Waals surface area contributed by atoms with Crippen LogP contribution in [0.15, 0.2) is 71.5 Å². The zero-order valence-corrected chi connectivity index (χ0v) is 16.9. The molecule has 0 aliphatic heterocycles. The quantitative estimate of drug-likeness (QED) is 0.464. The first kappa shape index (κ1) is 18.7. The molecule has 0 N–H and O–H groups in total. The van der Waals surface area contributed by atoms with Gasteiger partial charge in [-0.1, -0.05) is 67.2 Å². The zero-order chi connectivity index (χ0) is 19.5. The number of thiophene rings is 1. The van der Waals surface area contributed by atoms with Crippen molar-refractivity contribution < 1.29 is 4.79 Å². The Labute approximate surface area is 170 Å². The molecule has 0 saturated carbocycles. The van der Waals surface area contributed by atoms with E-state index in [-0.39, 0.29) is 10.7 Å². The largest absolute Gasteiger partial charge is 0.282 e. The third-order valence-corrected chi connectivity index (χ3v) is 6.46. The van der Waals surface area contributed by atoms with Crippen LogP contribution in [0.2, 0.25) is 0 Å². The van der Waals surface area contributed by atoms with Crippen molar-refractivity contribution in [2.24, 2.45) is 0 Å². The summed E-state index contributed by atoms with van der Waals surface area (Å²) in [5.74, 6) is 0.912. The van der Waals surface area contributed by atoms with Gasteiger partial charge in [-0.15, -0.1) is 11.3 Å². The molecular weight excluding hydrogens is 388 g/mol. The molecule has 6 heteroatoms. The summed E-state index contributed by atoms with van der Waals surface area (Å²) in [6.45, 7) is 2.07. The van der Waals surface area contributed by atoms with Gasteiger partial charge in [0.05, 0.1) is 16.8 Å². The van der Waals surface area contributed by atoms with Crippen molar-refractivity contribution in [1.29, 1.82) is 0 Å². The lowest BCUT2D eigenvalue weighted by Gasteiger charge is -2.12. The lowest BCUT2D eigenvalue weighted by molar-refractivity contribution is 0.108. The first-order valence-electron chi connectivity index (χ1n) is 8.99. The molecule has 0 saturated heterocycles. The van der Waals surface area contributed by atoms with Crippen LogP contribution >= 0.6 is 23.1 Å². The number of benzene rings is 2. The molecule has 0 unspecified atom stereocenters. The van der Waals surface area contributed by atoms with Crippen LogP contribution in [0.1, 0.15) is 28.0 Å². The van der Waals surface area contributed by atoms with Crippen molar-refractivity contribution in [1.82, 2.24) is 9.55 Å². The number of hydrogen-bond acceptors (Lipinski definition) is 5. The van der Waals surface area contributed by atoms with E-state index in [9.17, 15) is 9.59 Å². The molecule has 0 radical (unpaired) electrons. The molecule has 4 aromatic rings. The molecule has 0 fully saturated rings. The number of para-hydroxylation sites is 1. The minimum atomic E-state index is -0.0880. The van der Waals surface area contributed by atoms with Gasteiger partial charge in [0.15, 0.2) is 0 Å². The van der Waals surface area contributed by atoms with Gasteiger partial charge < -0.3 is 0 Å². The minimum absolute atomic E-state index is 0.0324. The number of carbonyl (C=O) groups is 1. The highest BCUT2D eigenvalue weighted by molar-refractivity contribution is 8.13. The van der Waals surface area contributed by atoms with E-state index < -0.39 is 0 Å². The van der Waals surface area contributed by atoms with Crippen LogP contribution in [0.4, 0.5) is 0 Å². The summed E-state index contributed by atoms with van der Waals surface area (Å²) in [4.78, 5) is 32.4. The summed E-state index contributed by atoms with van der Waals surface area (Å²) in [5, 5.41) is 0.601. The highest BCUT2D eigenvalue weighted by Crippen LogP contribution is 2.25. The fourth-order valence-electron chi connectivity index (χ4n) is 2.97. The van der Waals surface area contributed by atoms with Crippen LogP contribution in [-0.4, -0.2) is 14.7 Å². The van der Waals surface area contributed by atoms with E-state index in [0.29, 0.717) is 22.5 Å². The molecule has 2 aromatic heterocycles. The first-order chi connectivity index (χ1) is 13.7. The summed E-state index contributed by atoms with van der Waals surface area (Å²) in [5.41, 5.74) is 1.32. The van der Waals surface area contributed by atoms with E-state index in [1.54, 1.807) is 28.0 Å². The second-order valence-electron chi connectivity index (χ2n) is 6.23. The van der Waals surface area contributed by atoms with Crippen LogP contribution in [0, 0.1) is 0 Å². The van der Waals surface area contributed by atoms with E-state index in [4.69, 9.17) is 4.98 Å². The number of aryl methyl sites for hydroxylation is 1. The molecule has 4 nitrogen and oxygen atoms in total. The number of fused-ring (bicyclic) bond motifs is 1. The number of thioether (sulfide) groups is 1. The fraction of sp³-hybridized carbons (Fsp3) is 0.136. The molecule has 0 bridgehead atoms. The summed E-state index contributed by atoms with van der Waals surface area (Å²) >= 11 is 2.71. The zero-order valence-electron chi connectivity index (χ0n) is 15.3. The Morgan fingerprint density at radius 2 is 1.75 bits per heavy atom. The summed E-state index contributed by atoms with van der Waals surface area (Å²) in [7, 11) is 0. The van der Waals surface area contributed by atoms with Gasteiger partial charge in [-0.3, -0.25) is 14.2 Å². The smallest absolute Gasteiger partial charge is 0.266 e. The third-order valence-electron chi connectivity index (χ3n) is 4.39. The molecule has 4 rings (SSSR count). The molecular formula is C22H18N2O2S2. The van der Waals surface area contributed by atoms with Crippen molar-refractivity contribution >= 4 is 38.4 Å². The van der Waals surface area contributed by atoms with Gasteiger partial charge in [0.1, 0.15) is 10.7 Å². The second kappa shape index (κ2) is 8.12. The molecule has 2 heterocycles. The molecule has 140 valence electrons. The van der Waals surface area contributed by atoms with E-state index in [2.05, 4.69) is 6.92 Å². The highest BCUT2D eigenvalue weighted by Gasteiger charge is 2.17. The summed E-state index contributed by atoms with van der Waals surface area (Å²) < 4.78 is 1.62. The third kappa shape index (κ3) is 3.66. The van der Waals surface area contributed by atoms with E-state index in [1.165, 1.54) is 0 Å². The maximum atomic E-state index is 13.2. The van der Waals surface area contributed by atoms with Gasteiger partial charge in [-0.25, -0.2) is 4.98 Å². The maximum absolute atomic E-state index is 13.2. The predicted molar refractivity (Wildman–Crippen MR) is 117 cm³/mol. The molecule has 2 aromatic carbocycles. The molecule has 0 aliphatic rings.